The van der Waals surface area contributed by atoms with E-state index < -0.39 is 0 Å². The van der Waals surface area contributed by atoms with Gasteiger partial charge in [0.25, 0.3) is 0 Å². The minimum Gasteiger partial charge on any atom is -0.497 e. The summed E-state index contributed by atoms with van der Waals surface area (Å²) < 4.78 is 11.1. The molecule has 1 unspecified atom stereocenters. The summed E-state index contributed by atoms with van der Waals surface area (Å²) >= 11 is 0. The molecule has 0 radical (unpaired) electrons. The van der Waals surface area contributed by atoms with Crippen LogP contribution < -0.4 is 14.8 Å². The molecule has 140 valence electrons. The fourth-order valence-corrected chi connectivity index (χ4v) is 3.69. The summed E-state index contributed by atoms with van der Waals surface area (Å²) in [6, 6.07) is 15.4. The Morgan fingerprint density at radius 3 is 2.50 bits per heavy atom. The fraction of sp³-hybridized carbons (Fsp3) is 0.455. The lowest BCUT2D eigenvalue weighted by atomic mass is 9.94. The lowest BCUT2D eigenvalue weighted by molar-refractivity contribution is 0.236. The summed E-state index contributed by atoms with van der Waals surface area (Å²) in [6.07, 6.45) is 2.21. The smallest absolute Gasteiger partial charge is 0.127 e. The molecule has 0 aliphatic carbocycles. The molecule has 0 spiro atoms. The van der Waals surface area contributed by atoms with Crippen molar-refractivity contribution in [2.45, 2.75) is 25.8 Å². The van der Waals surface area contributed by atoms with Gasteiger partial charge in [-0.25, -0.2) is 0 Å². The van der Waals surface area contributed by atoms with E-state index in [-0.39, 0.29) is 6.04 Å². The third-order valence-corrected chi connectivity index (χ3v) is 5.18. The lowest BCUT2D eigenvalue weighted by Gasteiger charge is -2.32. The highest BCUT2D eigenvalue weighted by Gasteiger charge is 2.26. The largest absolute Gasteiger partial charge is 0.497 e. The maximum Gasteiger partial charge on any atom is 0.127 e. The number of hydrogen-bond acceptors (Lipinski definition) is 4. The summed E-state index contributed by atoms with van der Waals surface area (Å²) in [7, 11) is 3.43. The molecule has 1 atom stereocenters. The molecule has 2 aromatic rings. The van der Waals surface area contributed by atoms with Crippen molar-refractivity contribution in [2.24, 2.45) is 0 Å². The first kappa shape index (κ1) is 18.7. The average molecular weight is 354 g/mol. The molecule has 1 heterocycles. The van der Waals surface area contributed by atoms with Gasteiger partial charge < -0.3 is 14.8 Å². The van der Waals surface area contributed by atoms with Crippen molar-refractivity contribution in [2.75, 3.05) is 40.4 Å². The van der Waals surface area contributed by atoms with Gasteiger partial charge in [0.2, 0.25) is 0 Å². The molecular formula is C22H30N2O2. The molecule has 4 heteroatoms. The molecule has 3 rings (SSSR count). The second kappa shape index (κ2) is 9.06. The summed E-state index contributed by atoms with van der Waals surface area (Å²) in [5, 5.41) is 3.51. The van der Waals surface area contributed by atoms with Gasteiger partial charge in [-0.15, -0.1) is 0 Å². The highest BCUT2D eigenvalue weighted by atomic mass is 16.5. The van der Waals surface area contributed by atoms with E-state index in [4.69, 9.17) is 9.47 Å². The molecule has 1 N–H and O–H groups in total. The van der Waals surface area contributed by atoms with Crippen LogP contribution in [0.25, 0.3) is 0 Å². The first-order valence-electron chi connectivity index (χ1n) is 9.52. The van der Waals surface area contributed by atoms with Crippen molar-refractivity contribution >= 4 is 0 Å². The Bertz CT molecular complexity index is 692. The van der Waals surface area contributed by atoms with Crippen molar-refractivity contribution in [3.05, 3.63) is 59.2 Å². The lowest BCUT2D eigenvalue weighted by Crippen LogP contribution is -2.33. The number of hydrogen-bond donors (Lipinski definition) is 1. The quantitative estimate of drug-likeness (QED) is 0.858. The summed E-state index contributed by atoms with van der Waals surface area (Å²) in [4.78, 5) is 2.56. The van der Waals surface area contributed by atoms with E-state index in [0.717, 1.165) is 50.5 Å². The van der Waals surface area contributed by atoms with Gasteiger partial charge in [-0.2, -0.15) is 0 Å². The van der Waals surface area contributed by atoms with E-state index in [1.165, 1.54) is 16.7 Å². The number of nitrogens with one attached hydrogen (secondary N) is 1. The molecule has 0 saturated carbocycles. The van der Waals surface area contributed by atoms with Crippen molar-refractivity contribution in [1.29, 1.82) is 0 Å². The van der Waals surface area contributed by atoms with Crippen LogP contribution in [0, 0.1) is 0 Å². The number of ether oxygens (including phenoxy) is 2. The zero-order chi connectivity index (χ0) is 18.4. The van der Waals surface area contributed by atoms with E-state index in [1.54, 1.807) is 14.2 Å². The van der Waals surface area contributed by atoms with Crippen molar-refractivity contribution in [1.82, 2.24) is 10.2 Å². The summed E-state index contributed by atoms with van der Waals surface area (Å²) in [5.41, 5.74) is 3.87. The Balaban J connectivity index is 2.04. The maximum absolute atomic E-state index is 5.73. The second-order valence-electron chi connectivity index (χ2n) is 6.75. The zero-order valence-electron chi connectivity index (χ0n) is 16.1. The molecule has 4 nitrogen and oxygen atoms in total. The number of methoxy groups -OCH3 is 2. The standard InChI is InChI=1S/C22H30N2O2/c1-4-17-6-8-18(9-7-17)22(24-14-5-12-23-13-15-24)20-11-10-19(25-2)16-21(20)26-3/h6-11,16,22-23H,4-5,12-15H2,1-3H3. The molecular weight excluding hydrogens is 324 g/mol. The molecule has 2 aromatic carbocycles. The second-order valence-corrected chi connectivity index (χ2v) is 6.75. The van der Waals surface area contributed by atoms with Crippen LogP contribution in [0.15, 0.2) is 42.5 Å². The van der Waals surface area contributed by atoms with Gasteiger partial charge in [0, 0.05) is 31.3 Å². The first-order chi connectivity index (χ1) is 12.8. The highest BCUT2D eigenvalue weighted by molar-refractivity contribution is 5.46. The van der Waals surface area contributed by atoms with Crippen LogP contribution in [0.3, 0.4) is 0 Å². The van der Waals surface area contributed by atoms with E-state index in [0.29, 0.717) is 0 Å². The normalized spacial score (nSPS) is 16.7. The van der Waals surface area contributed by atoms with E-state index >= 15 is 0 Å². The predicted molar refractivity (Wildman–Crippen MR) is 106 cm³/mol. The van der Waals surface area contributed by atoms with Gasteiger partial charge in [0.05, 0.1) is 20.3 Å². The number of nitrogens with zero attached hydrogens (tertiary/aromatic N) is 1. The van der Waals surface area contributed by atoms with Crippen LogP contribution in [0.4, 0.5) is 0 Å². The summed E-state index contributed by atoms with van der Waals surface area (Å²) in [6.45, 7) is 6.39. The van der Waals surface area contributed by atoms with Crippen molar-refractivity contribution < 1.29 is 9.47 Å². The van der Waals surface area contributed by atoms with Gasteiger partial charge >= 0.3 is 0 Å². The van der Waals surface area contributed by atoms with Crippen LogP contribution in [-0.4, -0.2) is 45.3 Å². The Morgan fingerprint density at radius 1 is 1.00 bits per heavy atom. The fourth-order valence-electron chi connectivity index (χ4n) is 3.69. The number of benzene rings is 2. The third kappa shape index (κ3) is 4.19. The molecule has 1 fully saturated rings. The van der Waals surface area contributed by atoms with E-state index in [9.17, 15) is 0 Å². The van der Waals surface area contributed by atoms with E-state index in [2.05, 4.69) is 47.5 Å². The van der Waals surface area contributed by atoms with Gasteiger partial charge in [-0.1, -0.05) is 31.2 Å². The number of rotatable bonds is 6. The SMILES string of the molecule is CCc1ccc(C(c2ccc(OC)cc2OC)N2CCCNCC2)cc1. The zero-order valence-corrected chi connectivity index (χ0v) is 16.1. The molecule has 1 saturated heterocycles. The van der Waals surface area contributed by atoms with Gasteiger partial charge in [0.1, 0.15) is 11.5 Å². The van der Waals surface area contributed by atoms with E-state index in [1.807, 2.05) is 12.1 Å². The van der Waals surface area contributed by atoms with Crippen LogP contribution >= 0.6 is 0 Å². The molecule has 0 aromatic heterocycles. The van der Waals surface area contributed by atoms with Gasteiger partial charge in [-0.3, -0.25) is 4.90 Å². The van der Waals surface area contributed by atoms with Crippen molar-refractivity contribution in [3.8, 4) is 11.5 Å². The topological polar surface area (TPSA) is 33.7 Å². The Kier molecular flexibility index (Phi) is 6.53. The molecule has 1 aliphatic rings. The average Bonchev–Trinajstić information content (AvgIpc) is 2.98. The van der Waals surface area contributed by atoms with Crippen LogP contribution in [0.5, 0.6) is 11.5 Å². The first-order valence-corrected chi connectivity index (χ1v) is 9.52. The highest BCUT2D eigenvalue weighted by Crippen LogP contribution is 2.37. The minimum absolute atomic E-state index is 0.182. The molecule has 1 aliphatic heterocycles. The maximum atomic E-state index is 5.73. The van der Waals surface area contributed by atoms with Gasteiger partial charge in [0.15, 0.2) is 0 Å². The molecule has 26 heavy (non-hydrogen) atoms. The molecule has 0 bridgehead atoms. The Hall–Kier alpha value is -2.04. The monoisotopic (exact) mass is 354 g/mol. The molecule has 0 amide bonds. The Labute approximate surface area is 157 Å². The third-order valence-electron chi connectivity index (χ3n) is 5.18. The minimum atomic E-state index is 0.182. The van der Waals surface area contributed by atoms with Crippen LogP contribution in [0.2, 0.25) is 0 Å². The van der Waals surface area contributed by atoms with Gasteiger partial charge in [-0.05, 0) is 42.6 Å². The summed E-state index contributed by atoms with van der Waals surface area (Å²) in [5.74, 6) is 1.70. The van der Waals surface area contributed by atoms with Crippen LogP contribution in [-0.2, 0) is 6.42 Å². The van der Waals surface area contributed by atoms with Crippen LogP contribution in [0.1, 0.15) is 36.1 Å². The number of aryl methyl sites for hydroxylation is 1. The Morgan fingerprint density at radius 2 is 1.81 bits per heavy atom. The van der Waals surface area contributed by atoms with Crippen molar-refractivity contribution in [3.63, 3.8) is 0 Å². The predicted octanol–water partition coefficient (Wildman–Crippen LogP) is 3.65.